The van der Waals surface area contributed by atoms with Crippen LogP contribution in [0.25, 0.3) is 17.1 Å². The van der Waals surface area contributed by atoms with Crippen molar-refractivity contribution >= 4 is 21.4 Å². The maximum absolute atomic E-state index is 14.7. The van der Waals surface area contributed by atoms with Crippen LogP contribution in [0.4, 0.5) is 4.39 Å². The van der Waals surface area contributed by atoms with Crippen molar-refractivity contribution in [2.45, 2.75) is 12.2 Å². The van der Waals surface area contributed by atoms with Crippen LogP contribution in [0.2, 0.25) is 5.02 Å². The smallest absolute Gasteiger partial charge is 0.171 e. The Hall–Kier alpha value is -3.43. The molecule has 1 heterocycles. The number of aromatic nitrogens is 3. The van der Waals surface area contributed by atoms with Crippen molar-refractivity contribution < 1.29 is 22.3 Å². The van der Waals surface area contributed by atoms with Crippen molar-refractivity contribution in [1.82, 2.24) is 14.8 Å². The van der Waals surface area contributed by atoms with E-state index >= 15 is 0 Å². The molecule has 4 rings (SSSR count). The third-order valence-corrected chi connectivity index (χ3v) is 7.21. The van der Waals surface area contributed by atoms with E-state index in [9.17, 15) is 12.8 Å². The molecule has 4 aromatic rings. The van der Waals surface area contributed by atoms with Gasteiger partial charge in [-0.05, 0) is 48.4 Å². The maximum Gasteiger partial charge on any atom is 0.171 e. The van der Waals surface area contributed by atoms with Crippen molar-refractivity contribution in [3.63, 3.8) is 0 Å². The molecule has 0 atom stereocenters. The lowest BCUT2D eigenvalue weighted by Gasteiger charge is -2.17. The number of aryl methyl sites for hydroxylation is 1. The normalized spacial score (nSPS) is 11.4. The molecular formula is C25H23ClFN3O4S. The van der Waals surface area contributed by atoms with Crippen molar-refractivity contribution in [2.75, 3.05) is 20.0 Å². The van der Waals surface area contributed by atoms with Crippen LogP contribution in [0.3, 0.4) is 0 Å². The lowest BCUT2D eigenvalue weighted by Crippen LogP contribution is -2.16. The average molecular weight is 516 g/mol. The van der Waals surface area contributed by atoms with Crippen molar-refractivity contribution in [3.8, 4) is 28.6 Å². The first-order chi connectivity index (χ1) is 16.8. The van der Waals surface area contributed by atoms with Gasteiger partial charge in [-0.1, -0.05) is 41.9 Å². The van der Waals surface area contributed by atoms with E-state index in [1.165, 1.54) is 24.9 Å². The second-order valence-electron chi connectivity index (χ2n) is 7.73. The van der Waals surface area contributed by atoms with Gasteiger partial charge in [0.25, 0.3) is 0 Å². The molecular weight excluding hydrogens is 493 g/mol. The average Bonchev–Trinajstić information content (AvgIpc) is 3.25. The molecule has 182 valence electrons. The molecule has 1 aromatic heterocycles. The third kappa shape index (κ3) is 5.47. The first kappa shape index (κ1) is 24.7. The Morgan fingerprint density at radius 3 is 2.20 bits per heavy atom. The first-order valence-corrected chi connectivity index (χ1v) is 12.9. The zero-order valence-electron chi connectivity index (χ0n) is 19.1. The summed E-state index contributed by atoms with van der Waals surface area (Å²) in [5.41, 5.74) is 1.39. The van der Waals surface area contributed by atoms with E-state index in [2.05, 4.69) is 10.2 Å². The van der Waals surface area contributed by atoms with Gasteiger partial charge in [-0.25, -0.2) is 12.8 Å². The summed E-state index contributed by atoms with van der Waals surface area (Å²) in [5, 5.41) is 8.90. The molecule has 0 spiro atoms. The van der Waals surface area contributed by atoms with Crippen molar-refractivity contribution in [2.24, 2.45) is 0 Å². The van der Waals surface area contributed by atoms with Crippen LogP contribution in [0.15, 0.2) is 66.7 Å². The SMILES string of the molecule is COc1cccc(OC)c1-n1c(CS(=O)(=O)CCc2ccc(Cl)cc2)nnc1-c1ccccc1F. The molecule has 0 aliphatic heterocycles. The van der Waals surface area contributed by atoms with Gasteiger partial charge in [-0.15, -0.1) is 10.2 Å². The minimum atomic E-state index is -3.62. The number of para-hydroxylation sites is 1. The van der Waals surface area contributed by atoms with Crippen LogP contribution in [-0.4, -0.2) is 43.2 Å². The minimum Gasteiger partial charge on any atom is -0.494 e. The maximum atomic E-state index is 14.7. The summed E-state index contributed by atoms with van der Waals surface area (Å²) in [6.07, 6.45) is 0.311. The van der Waals surface area contributed by atoms with Crippen LogP contribution < -0.4 is 9.47 Å². The topological polar surface area (TPSA) is 83.3 Å². The standard InChI is InChI=1S/C25H23ClFN3O4S/c1-33-21-8-5-9-22(34-2)24(21)30-23(28-29-25(30)19-6-3-4-7-20(19)27)16-35(31,32)15-14-17-10-12-18(26)13-11-17/h3-13H,14-16H2,1-2H3. The Kier molecular flexibility index (Phi) is 7.37. The van der Waals surface area contributed by atoms with Crippen LogP contribution in [0, 0.1) is 5.82 Å². The lowest BCUT2D eigenvalue weighted by atomic mass is 10.2. The quantitative estimate of drug-likeness (QED) is 0.315. The first-order valence-electron chi connectivity index (χ1n) is 10.7. The molecule has 0 aliphatic carbocycles. The lowest BCUT2D eigenvalue weighted by molar-refractivity contribution is 0.390. The van der Waals surface area contributed by atoms with E-state index in [0.29, 0.717) is 28.6 Å². The van der Waals surface area contributed by atoms with Gasteiger partial charge >= 0.3 is 0 Å². The molecule has 0 saturated carbocycles. The van der Waals surface area contributed by atoms with Gasteiger partial charge in [0.05, 0.1) is 25.5 Å². The Morgan fingerprint density at radius 2 is 1.57 bits per heavy atom. The summed E-state index contributed by atoms with van der Waals surface area (Å²) < 4.78 is 53.5. The highest BCUT2D eigenvalue weighted by Crippen LogP contribution is 2.37. The zero-order chi connectivity index (χ0) is 25.0. The van der Waals surface area contributed by atoms with E-state index in [1.807, 2.05) is 0 Å². The Balaban J connectivity index is 1.79. The van der Waals surface area contributed by atoms with Gasteiger partial charge in [0.15, 0.2) is 21.5 Å². The van der Waals surface area contributed by atoms with Crippen LogP contribution in [0.1, 0.15) is 11.4 Å². The highest BCUT2D eigenvalue weighted by Gasteiger charge is 2.26. The number of rotatable bonds is 9. The predicted octanol–water partition coefficient (Wildman–Crippen LogP) is 4.90. The Morgan fingerprint density at radius 1 is 0.914 bits per heavy atom. The summed E-state index contributed by atoms with van der Waals surface area (Å²) in [6.45, 7) is 0. The Bertz CT molecular complexity index is 1420. The number of benzene rings is 3. The summed E-state index contributed by atoms with van der Waals surface area (Å²) in [5.74, 6) is -0.0192. The van der Waals surface area contributed by atoms with E-state index in [-0.39, 0.29) is 23.0 Å². The van der Waals surface area contributed by atoms with Crippen molar-refractivity contribution in [3.05, 3.63) is 89.0 Å². The molecule has 0 saturated heterocycles. The highest BCUT2D eigenvalue weighted by atomic mass is 35.5. The molecule has 0 aliphatic rings. The fourth-order valence-electron chi connectivity index (χ4n) is 3.71. The molecule has 7 nitrogen and oxygen atoms in total. The largest absolute Gasteiger partial charge is 0.494 e. The summed E-state index contributed by atoms with van der Waals surface area (Å²) in [4.78, 5) is 0. The van der Waals surface area contributed by atoms with Gasteiger partial charge in [0, 0.05) is 5.02 Å². The molecule has 10 heteroatoms. The second kappa shape index (κ2) is 10.5. The number of methoxy groups -OCH3 is 2. The van der Waals surface area contributed by atoms with E-state index in [4.69, 9.17) is 21.1 Å². The van der Waals surface area contributed by atoms with Crippen LogP contribution in [-0.2, 0) is 22.0 Å². The van der Waals surface area contributed by atoms with E-state index in [1.54, 1.807) is 60.7 Å². The molecule has 0 unspecified atom stereocenters. The van der Waals surface area contributed by atoms with Gasteiger partial charge in [0.2, 0.25) is 0 Å². The molecule has 35 heavy (non-hydrogen) atoms. The number of hydrogen-bond acceptors (Lipinski definition) is 6. The van der Waals surface area contributed by atoms with Crippen LogP contribution >= 0.6 is 11.6 Å². The fraction of sp³-hybridized carbons (Fsp3) is 0.200. The van der Waals surface area contributed by atoms with Gasteiger partial charge in [-0.3, -0.25) is 4.57 Å². The molecule has 0 radical (unpaired) electrons. The predicted molar refractivity (Wildman–Crippen MR) is 133 cm³/mol. The molecule has 0 amide bonds. The van der Waals surface area contributed by atoms with E-state index < -0.39 is 21.4 Å². The number of halogens is 2. The second-order valence-corrected chi connectivity index (χ2v) is 10.4. The summed E-state index contributed by atoms with van der Waals surface area (Å²) >= 11 is 5.91. The third-order valence-electron chi connectivity index (χ3n) is 5.43. The number of sulfone groups is 1. The molecule has 0 N–H and O–H groups in total. The van der Waals surface area contributed by atoms with E-state index in [0.717, 1.165) is 5.56 Å². The highest BCUT2D eigenvalue weighted by molar-refractivity contribution is 7.90. The monoisotopic (exact) mass is 515 g/mol. The van der Waals surface area contributed by atoms with Crippen molar-refractivity contribution in [1.29, 1.82) is 0 Å². The van der Waals surface area contributed by atoms with Gasteiger partial charge in [-0.2, -0.15) is 0 Å². The van der Waals surface area contributed by atoms with Gasteiger partial charge in [0.1, 0.15) is 28.8 Å². The number of ether oxygens (including phenoxy) is 2. The van der Waals surface area contributed by atoms with Crippen LogP contribution in [0.5, 0.6) is 11.5 Å². The number of nitrogens with zero attached hydrogens (tertiary/aromatic N) is 3. The zero-order valence-corrected chi connectivity index (χ0v) is 20.7. The molecule has 0 bridgehead atoms. The summed E-state index contributed by atoms with van der Waals surface area (Å²) in [6, 6.07) is 18.2. The molecule has 3 aromatic carbocycles. The fourth-order valence-corrected chi connectivity index (χ4v) is 5.10. The van der Waals surface area contributed by atoms with Gasteiger partial charge < -0.3 is 9.47 Å². The minimum absolute atomic E-state index is 0.112. The number of hydrogen-bond donors (Lipinski definition) is 0. The summed E-state index contributed by atoms with van der Waals surface area (Å²) in [7, 11) is -0.663. The Labute approximate surface area is 208 Å². The molecule has 0 fully saturated rings.